The summed E-state index contributed by atoms with van der Waals surface area (Å²) in [7, 11) is 0. The van der Waals surface area contributed by atoms with E-state index in [4.69, 9.17) is 0 Å². The quantitative estimate of drug-likeness (QED) is 0.722. The summed E-state index contributed by atoms with van der Waals surface area (Å²) in [6, 6.07) is 3.54. The second kappa shape index (κ2) is 8.09. The molecule has 1 aromatic carbocycles. The van der Waals surface area contributed by atoms with Crippen LogP contribution in [0, 0.1) is 23.0 Å². The second-order valence-corrected chi connectivity index (χ2v) is 8.50. The Bertz CT molecular complexity index is 541. The SMILES string of the molecule is CCC(C)(C)NC(=O)C(CCc1cc(F)cc(F)c1)CC(C)(C)C. The van der Waals surface area contributed by atoms with Gasteiger partial charge in [0.2, 0.25) is 5.91 Å². The van der Waals surface area contributed by atoms with Crippen molar-refractivity contribution in [3.05, 3.63) is 35.4 Å². The van der Waals surface area contributed by atoms with E-state index < -0.39 is 11.6 Å². The molecule has 0 aliphatic heterocycles. The van der Waals surface area contributed by atoms with Gasteiger partial charge in [0.05, 0.1) is 0 Å². The van der Waals surface area contributed by atoms with Crippen molar-refractivity contribution in [1.29, 1.82) is 0 Å². The second-order valence-electron chi connectivity index (χ2n) is 8.50. The van der Waals surface area contributed by atoms with E-state index in [-0.39, 0.29) is 22.8 Å². The Hall–Kier alpha value is -1.45. The predicted molar refractivity (Wildman–Crippen MR) is 94.8 cm³/mol. The molecule has 1 atom stereocenters. The number of carbonyl (C=O) groups excluding carboxylic acids is 1. The monoisotopic (exact) mass is 339 g/mol. The Morgan fingerprint density at radius 3 is 2.08 bits per heavy atom. The van der Waals surface area contributed by atoms with Gasteiger partial charge in [0.15, 0.2) is 0 Å². The van der Waals surface area contributed by atoms with Gasteiger partial charge in [-0.1, -0.05) is 27.7 Å². The van der Waals surface area contributed by atoms with Crippen LogP contribution >= 0.6 is 0 Å². The smallest absolute Gasteiger partial charge is 0.223 e. The van der Waals surface area contributed by atoms with Crippen LogP contribution < -0.4 is 5.32 Å². The van der Waals surface area contributed by atoms with Crippen molar-refractivity contribution >= 4 is 5.91 Å². The first kappa shape index (κ1) is 20.6. The zero-order valence-electron chi connectivity index (χ0n) is 15.8. The van der Waals surface area contributed by atoms with Gasteiger partial charge in [0.1, 0.15) is 11.6 Å². The summed E-state index contributed by atoms with van der Waals surface area (Å²) in [5.74, 6) is -1.31. The Morgan fingerprint density at radius 2 is 1.62 bits per heavy atom. The Balaban J connectivity index is 2.84. The summed E-state index contributed by atoms with van der Waals surface area (Å²) in [4.78, 5) is 12.7. The average Bonchev–Trinajstić information content (AvgIpc) is 2.40. The van der Waals surface area contributed by atoms with Crippen molar-refractivity contribution in [1.82, 2.24) is 5.32 Å². The molecule has 0 bridgehead atoms. The lowest BCUT2D eigenvalue weighted by molar-refractivity contribution is -0.127. The van der Waals surface area contributed by atoms with Crippen LogP contribution in [-0.4, -0.2) is 11.4 Å². The predicted octanol–water partition coefficient (Wildman–Crippen LogP) is 5.25. The summed E-state index contributed by atoms with van der Waals surface area (Å²) < 4.78 is 26.7. The number of aryl methyl sites for hydroxylation is 1. The zero-order valence-corrected chi connectivity index (χ0v) is 15.8. The van der Waals surface area contributed by atoms with E-state index in [2.05, 4.69) is 26.1 Å². The van der Waals surface area contributed by atoms with Crippen molar-refractivity contribution in [3.8, 4) is 0 Å². The minimum absolute atomic E-state index is 0.00551. The van der Waals surface area contributed by atoms with E-state index in [9.17, 15) is 13.6 Å². The molecule has 2 nitrogen and oxygen atoms in total. The number of rotatable bonds is 7. The molecule has 0 fully saturated rings. The van der Waals surface area contributed by atoms with Crippen LogP contribution in [0.1, 0.15) is 66.4 Å². The molecule has 0 aliphatic carbocycles. The van der Waals surface area contributed by atoms with Gasteiger partial charge in [0.25, 0.3) is 0 Å². The molecule has 136 valence electrons. The molecule has 0 aromatic heterocycles. The number of hydrogen-bond donors (Lipinski definition) is 1. The highest BCUT2D eigenvalue weighted by Crippen LogP contribution is 2.28. The van der Waals surface area contributed by atoms with Crippen molar-refractivity contribution in [2.75, 3.05) is 0 Å². The first-order valence-corrected chi connectivity index (χ1v) is 8.69. The molecule has 0 spiro atoms. The number of nitrogens with one attached hydrogen (secondary N) is 1. The van der Waals surface area contributed by atoms with E-state index in [0.29, 0.717) is 18.4 Å². The summed E-state index contributed by atoms with van der Waals surface area (Å²) in [6.45, 7) is 12.3. The first-order valence-electron chi connectivity index (χ1n) is 8.69. The fraction of sp³-hybridized carbons (Fsp3) is 0.650. The van der Waals surface area contributed by atoms with Gasteiger partial charge in [-0.15, -0.1) is 0 Å². The largest absolute Gasteiger partial charge is 0.351 e. The van der Waals surface area contributed by atoms with E-state index in [1.165, 1.54) is 12.1 Å². The zero-order chi connectivity index (χ0) is 18.5. The van der Waals surface area contributed by atoms with Gasteiger partial charge >= 0.3 is 0 Å². The fourth-order valence-electron chi connectivity index (χ4n) is 2.69. The number of amides is 1. The van der Waals surface area contributed by atoms with Gasteiger partial charge in [0, 0.05) is 17.5 Å². The van der Waals surface area contributed by atoms with Crippen molar-refractivity contribution in [2.45, 2.75) is 72.8 Å². The average molecular weight is 339 g/mol. The molecule has 0 saturated carbocycles. The lowest BCUT2D eigenvalue weighted by Crippen LogP contribution is -2.46. The van der Waals surface area contributed by atoms with Crippen molar-refractivity contribution in [2.24, 2.45) is 11.3 Å². The third kappa shape index (κ3) is 7.41. The summed E-state index contributed by atoms with van der Waals surface area (Å²) in [5.41, 5.74) is 0.345. The normalized spacial score (nSPS) is 13.7. The summed E-state index contributed by atoms with van der Waals surface area (Å²) >= 11 is 0. The van der Waals surface area contributed by atoms with E-state index in [0.717, 1.165) is 18.9 Å². The van der Waals surface area contributed by atoms with Gasteiger partial charge in [-0.3, -0.25) is 4.79 Å². The molecule has 0 heterocycles. The van der Waals surface area contributed by atoms with Gasteiger partial charge in [-0.2, -0.15) is 0 Å². The minimum Gasteiger partial charge on any atom is -0.351 e. The van der Waals surface area contributed by atoms with Gasteiger partial charge < -0.3 is 5.32 Å². The van der Waals surface area contributed by atoms with Gasteiger partial charge in [-0.05, 0) is 62.6 Å². The maximum Gasteiger partial charge on any atom is 0.223 e. The Labute approximate surface area is 145 Å². The number of halogens is 2. The molecule has 1 amide bonds. The van der Waals surface area contributed by atoms with E-state index in [1.807, 2.05) is 20.8 Å². The van der Waals surface area contributed by atoms with Crippen LogP contribution in [-0.2, 0) is 11.2 Å². The third-order valence-corrected chi connectivity index (χ3v) is 4.28. The van der Waals surface area contributed by atoms with Crippen molar-refractivity contribution in [3.63, 3.8) is 0 Å². The van der Waals surface area contributed by atoms with E-state index >= 15 is 0 Å². The molecular formula is C20H31F2NO. The number of hydrogen-bond acceptors (Lipinski definition) is 1. The molecule has 24 heavy (non-hydrogen) atoms. The van der Waals surface area contributed by atoms with Crippen LogP contribution in [0.15, 0.2) is 18.2 Å². The molecule has 1 rings (SSSR count). The summed E-state index contributed by atoms with van der Waals surface area (Å²) in [6.07, 6.45) is 2.63. The molecule has 4 heteroatoms. The first-order chi connectivity index (χ1) is 10.9. The molecule has 0 aliphatic rings. The molecule has 0 radical (unpaired) electrons. The van der Waals surface area contributed by atoms with Crippen LogP contribution in [0.5, 0.6) is 0 Å². The Morgan fingerprint density at radius 1 is 1.08 bits per heavy atom. The van der Waals surface area contributed by atoms with Crippen molar-refractivity contribution < 1.29 is 13.6 Å². The lowest BCUT2D eigenvalue weighted by atomic mass is 9.81. The molecule has 1 unspecified atom stereocenters. The standard InChI is InChI=1S/C20H31F2NO/c1-7-20(5,6)23-18(24)15(13-19(2,3)4)9-8-14-10-16(21)12-17(22)11-14/h10-12,15H,7-9,13H2,1-6H3,(H,23,24). The highest BCUT2D eigenvalue weighted by atomic mass is 19.1. The van der Waals surface area contributed by atoms with Crippen LogP contribution in [0.25, 0.3) is 0 Å². The Kier molecular flexibility index (Phi) is 6.94. The fourth-order valence-corrected chi connectivity index (χ4v) is 2.69. The van der Waals surface area contributed by atoms with Crippen LogP contribution in [0.4, 0.5) is 8.78 Å². The molecular weight excluding hydrogens is 308 g/mol. The lowest BCUT2D eigenvalue weighted by Gasteiger charge is -2.30. The third-order valence-electron chi connectivity index (χ3n) is 4.28. The maximum atomic E-state index is 13.3. The topological polar surface area (TPSA) is 29.1 Å². The highest BCUT2D eigenvalue weighted by Gasteiger charge is 2.28. The van der Waals surface area contributed by atoms with Crippen LogP contribution in [0.2, 0.25) is 0 Å². The van der Waals surface area contributed by atoms with E-state index in [1.54, 1.807) is 0 Å². The number of benzene rings is 1. The number of carbonyl (C=O) groups is 1. The molecule has 0 saturated heterocycles. The van der Waals surface area contributed by atoms with Gasteiger partial charge in [-0.25, -0.2) is 8.78 Å². The minimum atomic E-state index is -0.575. The summed E-state index contributed by atoms with van der Waals surface area (Å²) in [5, 5.41) is 3.10. The maximum absolute atomic E-state index is 13.3. The highest BCUT2D eigenvalue weighted by molar-refractivity contribution is 5.79. The molecule has 1 aromatic rings. The van der Waals surface area contributed by atoms with Crippen LogP contribution in [0.3, 0.4) is 0 Å². The molecule has 1 N–H and O–H groups in total.